The quantitative estimate of drug-likeness (QED) is 0.624. The van der Waals surface area contributed by atoms with Crippen LogP contribution in [0.1, 0.15) is 12.0 Å². The summed E-state index contributed by atoms with van der Waals surface area (Å²) in [5, 5.41) is 0. The highest BCUT2D eigenvalue weighted by atomic mass is 32.2. The summed E-state index contributed by atoms with van der Waals surface area (Å²) in [6.45, 7) is 0. The number of benzene rings is 1. The fourth-order valence-corrected chi connectivity index (χ4v) is 3.44. The summed E-state index contributed by atoms with van der Waals surface area (Å²) >= 11 is 1.98. The molecule has 0 aromatic heterocycles. The van der Waals surface area contributed by atoms with Crippen LogP contribution in [0.2, 0.25) is 0 Å². The molecule has 1 aliphatic rings. The first kappa shape index (κ1) is 11.9. The van der Waals surface area contributed by atoms with Crippen molar-refractivity contribution in [1.29, 1.82) is 0 Å². The van der Waals surface area contributed by atoms with E-state index in [1.54, 1.807) is 0 Å². The van der Waals surface area contributed by atoms with Crippen LogP contribution in [0.4, 0.5) is 4.39 Å². The van der Waals surface area contributed by atoms with Crippen LogP contribution in [0, 0.1) is 11.7 Å². The van der Waals surface area contributed by atoms with Crippen molar-refractivity contribution in [3.63, 3.8) is 0 Å². The highest BCUT2D eigenvalue weighted by molar-refractivity contribution is 7.99. The predicted octanol–water partition coefficient (Wildman–Crippen LogP) is 1.95. The van der Waals surface area contributed by atoms with Crippen molar-refractivity contribution in [2.45, 2.75) is 18.9 Å². The monoisotopic (exact) mass is 240 g/mol. The van der Waals surface area contributed by atoms with E-state index in [2.05, 4.69) is 5.43 Å². The summed E-state index contributed by atoms with van der Waals surface area (Å²) in [6, 6.07) is 6.99. The van der Waals surface area contributed by atoms with Gasteiger partial charge in [-0.2, -0.15) is 11.8 Å². The van der Waals surface area contributed by atoms with Gasteiger partial charge in [-0.25, -0.2) is 4.39 Å². The van der Waals surface area contributed by atoms with Crippen molar-refractivity contribution in [2.24, 2.45) is 11.8 Å². The maximum atomic E-state index is 12.8. The Morgan fingerprint density at radius 2 is 2.19 bits per heavy atom. The summed E-state index contributed by atoms with van der Waals surface area (Å²) in [4.78, 5) is 0. The van der Waals surface area contributed by atoms with Crippen LogP contribution in [0.15, 0.2) is 24.3 Å². The van der Waals surface area contributed by atoms with E-state index in [-0.39, 0.29) is 5.82 Å². The fraction of sp³-hybridized carbons (Fsp3) is 0.500. The molecule has 1 fully saturated rings. The molecule has 0 amide bonds. The molecule has 0 bridgehead atoms. The molecule has 0 aliphatic carbocycles. The molecular weight excluding hydrogens is 223 g/mol. The van der Waals surface area contributed by atoms with Gasteiger partial charge >= 0.3 is 0 Å². The topological polar surface area (TPSA) is 38.0 Å². The van der Waals surface area contributed by atoms with Gasteiger partial charge in [-0.05, 0) is 48.0 Å². The zero-order valence-electron chi connectivity index (χ0n) is 9.16. The third-order valence-corrected chi connectivity index (χ3v) is 4.31. The number of thioether (sulfide) groups is 1. The average molecular weight is 240 g/mol. The molecule has 1 saturated heterocycles. The number of hydrogen-bond acceptors (Lipinski definition) is 3. The van der Waals surface area contributed by atoms with Gasteiger partial charge in [0.15, 0.2) is 0 Å². The van der Waals surface area contributed by atoms with E-state index in [1.807, 2.05) is 23.9 Å². The van der Waals surface area contributed by atoms with Crippen LogP contribution >= 0.6 is 11.8 Å². The Bertz CT molecular complexity index is 322. The molecule has 0 saturated carbocycles. The molecule has 0 radical (unpaired) electrons. The molecule has 1 aromatic carbocycles. The number of nitrogens with two attached hydrogens (primary N) is 1. The largest absolute Gasteiger partial charge is 0.271 e. The summed E-state index contributed by atoms with van der Waals surface area (Å²) in [6.07, 6.45) is 2.10. The van der Waals surface area contributed by atoms with Crippen LogP contribution in [-0.2, 0) is 6.42 Å². The molecule has 2 unspecified atom stereocenters. The molecule has 2 rings (SSSR count). The van der Waals surface area contributed by atoms with E-state index in [4.69, 9.17) is 5.84 Å². The third kappa shape index (κ3) is 2.97. The highest BCUT2D eigenvalue weighted by Gasteiger charge is 2.24. The molecule has 0 spiro atoms. The number of hydrogen-bond donors (Lipinski definition) is 2. The molecule has 2 nitrogen and oxygen atoms in total. The first-order valence-electron chi connectivity index (χ1n) is 5.58. The van der Waals surface area contributed by atoms with E-state index < -0.39 is 0 Å². The van der Waals surface area contributed by atoms with E-state index in [0.717, 1.165) is 12.0 Å². The first-order chi connectivity index (χ1) is 7.79. The Labute approximate surface area is 99.8 Å². The number of rotatable bonds is 4. The molecule has 1 aromatic rings. The lowest BCUT2D eigenvalue weighted by molar-refractivity contribution is 0.386. The van der Waals surface area contributed by atoms with Crippen LogP contribution in [0.5, 0.6) is 0 Å². The Balaban J connectivity index is 1.97. The van der Waals surface area contributed by atoms with Crippen molar-refractivity contribution in [2.75, 3.05) is 11.5 Å². The van der Waals surface area contributed by atoms with Gasteiger partial charge in [-0.1, -0.05) is 12.1 Å². The lowest BCUT2D eigenvalue weighted by Crippen LogP contribution is -2.42. The Kier molecular flexibility index (Phi) is 4.21. The van der Waals surface area contributed by atoms with E-state index in [1.165, 1.54) is 30.1 Å². The van der Waals surface area contributed by atoms with Crippen molar-refractivity contribution in [1.82, 2.24) is 5.43 Å². The van der Waals surface area contributed by atoms with Crippen LogP contribution in [0.25, 0.3) is 0 Å². The van der Waals surface area contributed by atoms with Gasteiger partial charge in [-0.15, -0.1) is 0 Å². The first-order valence-corrected chi connectivity index (χ1v) is 6.73. The van der Waals surface area contributed by atoms with Crippen LogP contribution in [0.3, 0.4) is 0 Å². The van der Waals surface area contributed by atoms with Gasteiger partial charge in [0, 0.05) is 6.04 Å². The van der Waals surface area contributed by atoms with Gasteiger partial charge in [0.1, 0.15) is 5.82 Å². The lowest BCUT2D eigenvalue weighted by Gasteiger charge is -2.22. The minimum Gasteiger partial charge on any atom is -0.271 e. The summed E-state index contributed by atoms with van der Waals surface area (Å²) in [7, 11) is 0. The van der Waals surface area contributed by atoms with Crippen molar-refractivity contribution >= 4 is 11.8 Å². The summed E-state index contributed by atoms with van der Waals surface area (Å²) in [5.74, 6) is 8.46. The SMILES string of the molecule is NNC(Cc1ccc(F)cc1)C1CCSC1. The minimum absolute atomic E-state index is 0.183. The van der Waals surface area contributed by atoms with E-state index in [9.17, 15) is 4.39 Å². The molecule has 2 atom stereocenters. The number of halogens is 1. The van der Waals surface area contributed by atoms with Gasteiger partial charge < -0.3 is 0 Å². The minimum atomic E-state index is -0.183. The average Bonchev–Trinajstić information content (AvgIpc) is 2.82. The van der Waals surface area contributed by atoms with Crippen molar-refractivity contribution in [3.05, 3.63) is 35.6 Å². The molecule has 4 heteroatoms. The van der Waals surface area contributed by atoms with E-state index >= 15 is 0 Å². The van der Waals surface area contributed by atoms with Gasteiger partial charge in [0.25, 0.3) is 0 Å². The second-order valence-electron chi connectivity index (χ2n) is 4.23. The molecule has 16 heavy (non-hydrogen) atoms. The maximum absolute atomic E-state index is 12.8. The Morgan fingerprint density at radius 1 is 1.44 bits per heavy atom. The standard InChI is InChI=1S/C12H17FN2S/c13-11-3-1-9(2-4-11)7-12(15-14)10-5-6-16-8-10/h1-4,10,12,15H,5-8,14H2. The molecule has 1 heterocycles. The smallest absolute Gasteiger partial charge is 0.123 e. The summed E-state index contributed by atoms with van der Waals surface area (Å²) in [5.41, 5.74) is 4.04. The van der Waals surface area contributed by atoms with Gasteiger partial charge in [0.2, 0.25) is 0 Å². The van der Waals surface area contributed by atoms with E-state index in [0.29, 0.717) is 12.0 Å². The van der Waals surface area contributed by atoms with Crippen LogP contribution in [-0.4, -0.2) is 17.5 Å². The molecule has 3 N–H and O–H groups in total. The molecular formula is C12H17FN2S. The van der Waals surface area contributed by atoms with Crippen LogP contribution < -0.4 is 11.3 Å². The fourth-order valence-electron chi connectivity index (χ4n) is 2.11. The third-order valence-electron chi connectivity index (χ3n) is 3.12. The number of nitrogens with one attached hydrogen (secondary N) is 1. The predicted molar refractivity (Wildman–Crippen MR) is 66.6 cm³/mol. The second kappa shape index (κ2) is 5.66. The lowest BCUT2D eigenvalue weighted by atomic mass is 9.93. The Hall–Kier alpha value is -0.580. The zero-order valence-corrected chi connectivity index (χ0v) is 9.97. The van der Waals surface area contributed by atoms with Crippen molar-refractivity contribution < 1.29 is 4.39 Å². The highest BCUT2D eigenvalue weighted by Crippen LogP contribution is 2.27. The molecule has 1 aliphatic heterocycles. The maximum Gasteiger partial charge on any atom is 0.123 e. The van der Waals surface area contributed by atoms with Gasteiger partial charge in [-0.3, -0.25) is 11.3 Å². The Morgan fingerprint density at radius 3 is 2.75 bits per heavy atom. The van der Waals surface area contributed by atoms with Crippen molar-refractivity contribution in [3.8, 4) is 0 Å². The zero-order chi connectivity index (χ0) is 11.4. The molecule has 88 valence electrons. The van der Waals surface area contributed by atoms with Gasteiger partial charge in [0.05, 0.1) is 0 Å². The number of hydrazine groups is 1. The summed E-state index contributed by atoms with van der Waals surface area (Å²) < 4.78 is 12.8. The second-order valence-corrected chi connectivity index (χ2v) is 5.38. The normalized spacial score (nSPS) is 22.2.